The number of carbonyl (C=O) groups excluding carboxylic acids is 2. The molecule has 0 saturated carbocycles. The zero-order chi connectivity index (χ0) is 11.7. The van der Waals surface area contributed by atoms with Crippen molar-refractivity contribution in [3.05, 3.63) is 0 Å². The first-order chi connectivity index (χ1) is 7.11. The largest absolute Gasteiger partial charge is 0.382 e. The molecular weight excluding hydrogens is 204 g/mol. The third kappa shape index (κ3) is 6.83. The molecule has 0 aromatic heterocycles. The second-order valence-corrected chi connectivity index (χ2v) is 2.88. The summed E-state index contributed by atoms with van der Waals surface area (Å²) in [7, 11) is 1.56. The number of hydrogen-bond donors (Lipinski definition) is 3. The second kappa shape index (κ2) is 8.16. The summed E-state index contributed by atoms with van der Waals surface area (Å²) >= 11 is 0. The molecule has 0 aromatic rings. The summed E-state index contributed by atoms with van der Waals surface area (Å²) in [6.07, 6.45) is 0. The Morgan fingerprint density at radius 3 is 2.53 bits per heavy atom. The zero-order valence-electron chi connectivity index (χ0n) is 8.78. The SMILES string of the molecule is COCCOCC(C)NC(=O)C(=O)NO. The van der Waals surface area contributed by atoms with E-state index in [0.717, 1.165) is 0 Å². The van der Waals surface area contributed by atoms with E-state index in [1.165, 1.54) is 5.48 Å². The normalized spacial score (nSPS) is 11.9. The first kappa shape index (κ1) is 13.8. The monoisotopic (exact) mass is 220 g/mol. The van der Waals surface area contributed by atoms with Crippen LogP contribution < -0.4 is 10.8 Å². The molecule has 0 saturated heterocycles. The third-order valence-electron chi connectivity index (χ3n) is 1.48. The van der Waals surface area contributed by atoms with Gasteiger partial charge < -0.3 is 14.8 Å². The Kier molecular flexibility index (Phi) is 7.51. The van der Waals surface area contributed by atoms with Gasteiger partial charge in [0.15, 0.2) is 0 Å². The maximum atomic E-state index is 10.9. The molecule has 0 aliphatic rings. The van der Waals surface area contributed by atoms with Crippen molar-refractivity contribution in [2.75, 3.05) is 26.9 Å². The van der Waals surface area contributed by atoms with Crippen molar-refractivity contribution in [2.24, 2.45) is 0 Å². The van der Waals surface area contributed by atoms with Crippen LogP contribution in [0.2, 0.25) is 0 Å². The maximum Gasteiger partial charge on any atom is 0.332 e. The van der Waals surface area contributed by atoms with E-state index < -0.39 is 11.8 Å². The minimum Gasteiger partial charge on any atom is -0.382 e. The summed E-state index contributed by atoms with van der Waals surface area (Å²) in [5, 5.41) is 10.5. The van der Waals surface area contributed by atoms with Crippen molar-refractivity contribution in [1.29, 1.82) is 0 Å². The van der Waals surface area contributed by atoms with Crippen LogP contribution in [0.4, 0.5) is 0 Å². The van der Waals surface area contributed by atoms with Crippen molar-refractivity contribution < 1.29 is 24.3 Å². The van der Waals surface area contributed by atoms with Crippen LogP contribution in [0.5, 0.6) is 0 Å². The van der Waals surface area contributed by atoms with Gasteiger partial charge in [0.1, 0.15) is 0 Å². The van der Waals surface area contributed by atoms with Gasteiger partial charge in [-0.1, -0.05) is 0 Å². The minimum atomic E-state index is -1.10. The molecule has 0 fully saturated rings. The predicted octanol–water partition coefficient (Wildman–Crippen LogP) is -1.34. The highest BCUT2D eigenvalue weighted by molar-refractivity contribution is 6.34. The van der Waals surface area contributed by atoms with Crippen molar-refractivity contribution in [3.63, 3.8) is 0 Å². The van der Waals surface area contributed by atoms with Crippen LogP contribution in [0.3, 0.4) is 0 Å². The Hall–Kier alpha value is -1.18. The molecule has 0 aromatic carbocycles. The predicted molar refractivity (Wildman–Crippen MR) is 50.2 cm³/mol. The molecule has 15 heavy (non-hydrogen) atoms. The summed E-state index contributed by atoms with van der Waals surface area (Å²) in [5.74, 6) is -2.00. The lowest BCUT2D eigenvalue weighted by Crippen LogP contribution is -2.44. The van der Waals surface area contributed by atoms with Crippen LogP contribution in [0.25, 0.3) is 0 Å². The Morgan fingerprint density at radius 2 is 2.00 bits per heavy atom. The first-order valence-corrected chi connectivity index (χ1v) is 4.43. The number of ether oxygens (including phenoxy) is 2. The highest BCUT2D eigenvalue weighted by Crippen LogP contribution is 1.85. The maximum absolute atomic E-state index is 10.9. The van der Waals surface area contributed by atoms with Gasteiger partial charge in [-0.25, -0.2) is 5.48 Å². The average Bonchev–Trinajstić information content (AvgIpc) is 2.23. The molecule has 0 spiro atoms. The summed E-state index contributed by atoms with van der Waals surface area (Å²) < 4.78 is 9.87. The van der Waals surface area contributed by atoms with Crippen LogP contribution in [0.15, 0.2) is 0 Å². The van der Waals surface area contributed by atoms with Crippen LogP contribution in [-0.4, -0.2) is 50.0 Å². The first-order valence-electron chi connectivity index (χ1n) is 4.43. The fourth-order valence-electron chi connectivity index (χ4n) is 0.784. The number of carbonyl (C=O) groups is 2. The molecule has 7 heteroatoms. The highest BCUT2D eigenvalue weighted by atomic mass is 16.5. The lowest BCUT2D eigenvalue weighted by molar-refractivity contribution is -0.144. The molecule has 1 atom stereocenters. The molecule has 3 N–H and O–H groups in total. The van der Waals surface area contributed by atoms with E-state index >= 15 is 0 Å². The van der Waals surface area contributed by atoms with Gasteiger partial charge in [0, 0.05) is 13.2 Å². The molecule has 0 radical (unpaired) electrons. The average molecular weight is 220 g/mol. The Balaban J connectivity index is 3.60. The fourth-order valence-corrected chi connectivity index (χ4v) is 0.784. The number of hydroxylamine groups is 1. The molecular formula is C8H16N2O5. The van der Waals surface area contributed by atoms with Crippen LogP contribution >= 0.6 is 0 Å². The van der Waals surface area contributed by atoms with Gasteiger partial charge in [-0.3, -0.25) is 14.8 Å². The topological polar surface area (TPSA) is 96.9 Å². The summed E-state index contributed by atoms with van der Waals surface area (Å²) in [6.45, 7) is 2.84. The van der Waals surface area contributed by atoms with Gasteiger partial charge in [-0.05, 0) is 6.92 Å². The van der Waals surface area contributed by atoms with Crippen molar-refractivity contribution in [2.45, 2.75) is 13.0 Å². The van der Waals surface area contributed by atoms with Gasteiger partial charge >= 0.3 is 11.8 Å². The lowest BCUT2D eigenvalue weighted by Gasteiger charge is -2.12. The molecule has 1 unspecified atom stereocenters. The second-order valence-electron chi connectivity index (χ2n) is 2.88. The minimum absolute atomic E-state index is 0.272. The number of amides is 2. The van der Waals surface area contributed by atoms with E-state index in [-0.39, 0.29) is 12.6 Å². The van der Waals surface area contributed by atoms with Crippen molar-refractivity contribution >= 4 is 11.8 Å². The van der Waals surface area contributed by atoms with Crippen molar-refractivity contribution in [1.82, 2.24) is 10.8 Å². The molecule has 0 aliphatic carbocycles. The van der Waals surface area contributed by atoms with Gasteiger partial charge in [0.25, 0.3) is 0 Å². The van der Waals surface area contributed by atoms with Gasteiger partial charge in [0.2, 0.25) is 0 Å². The summed E-state index contributed by atoms with van der Waals surface area (Å²) in [6, 6.07) is -0.313. The number of nitrogens with one attached hydrogen (secondary N) is 2. The molecule has 2 amide bonds. The van der Waals surface area contributed by atoms with Crippen LogP contribution in [0, 0.1) is 0 Å². The number of methoxy groups -OCH3 is 1. The zero-order valence-corrected chi connectivity index (χ0v) is 8.78. The highest BCUT2D eigenvalue weighted by Gasteiger charge is 2.14. The quantitative estimate of drug-likeness (QED) is 0.223. The van der Waals surface area contributed by atoms with Gasteiger partial charge in [0.05, 0.1) is 19.8 Å². The smallest absolute Gasteiger partial charge is 0.332 e. The molecule has 88 valence electrons. The van der Waals surface area contributed by atoms with E-state index in [0.29, 0.717) is 13.2 Å². The van der Waals surface area contributed by atoms with Gasteiger partial charge in [-0.2, -0.15) is 0 Å². The van der Waals surface area contributed by atoms with Crippen molar-refractivity contribution in [3.8, 4) is 0 Å². The molecule has 0 bridgehead atoms. The molecule has 0 heterocycles. The Bertz CT molecular complexity index is 209. The standard InChI is InChI=1S/C8H16N2O5/c1-6(5-15-4-3-14-2)9-7(11)8(12)10-13/h6,13H,3-5H2,1-2H3,(H,9,11)(H,10,12). The fraction of sp³-hybridized carbons (Fsp3) is 0.750. The van der Waals surface area contributed by atoms with E-state index in [1.54, 1.807) is 14.0 Å². The number of rotatable bonds is 6. The molecule has 0 rings (SSSR count). The van der Waals surface area contributed by atoms with E-state index in [2.05, 4.69) is 5.32 Å². The summed E-state index contributed by atoms with van der Waals surface area (Å²) in [5.41, 5.74) is 1.23. The summed E-state index contributed by atoms with van der Waals surface area (Å²) in [4.78, 5) is 21.5. The Morgan fingerprint density at radius 1 is 1.33 bits per heavy atom. The van der Waals surface area contributed by atoms with Crippen LogP contribution in [0.1, 0.15) is 6.92 Å². The molecule has 0 aliphatic heterocycles. The van der Waals surface area contributed by atoms with Gasteiger partial charge in [-0.15, -0.1) is 0 Å². The number of hydrogen-bond acceptors (Lipinski definition) is 5. The van der Waals surface area contributed by atoms with Crippen LogP contribution in [-0.2, 0) is 19.1 Å². The molecule has 7 nitrogen and oxygen atoms in total. The third-order valence-corrected chi connectivity index (χ3v) is 1.48. The van der Waals surface area contributed by atoms with E-state index in [9.17, 15) is 9.59 Å². The Labute approximate surface area is 87.7 Å². The van der Waals surface area contributed by atoms with E-state index in [1.807, 2.05) is 0 Å². The lowest BCUT2D eigenvalue weighted by atomic mass is 10.3. The van der Waals surface area contributed by atoms with E-state index in [4.69, 9.17) is 14.7 Å².